The van der Waals surface area contributed by atoms with Crippen molar-refractivity contribution in [3.05, 3.63) is 107 Å². The van der Waals surface area contributed by atoms with Crippen LogP contribution in [0.2, 0.25) is 0 Å². The normalized spacial score (nSPS) is 13.3. The number of aryl methyl sites for hydroxylation is 1. The van der Waals surface area contributed by atoms with E-state index in [9.17, 15) is 0 Å². The van der Waals surface area contributed by atoms with Gasteiger partial charge >= 0.3 is 0 Å². The molecule has 0 nitrogen and oxygen atoms in total. The van der Waals surface area contributed by atoms with E-state index in [1.54, 1.807) is 0 Å². The zero-order valence-corrected chi connectivity index (χ0v) is 12.7. The molecule has 0 heteroatoms. The van der Waals surface area contributed by atoms with Crippen molar-refractivity contribution in [3.8, 4) is 0 Å². The van der Waals surface area contributed by atoms with Gasteiger partial charge in [0.25, 0.3) is 0 Å². The van der Waals surface area contributed by atoms with E-state index in [0.29, 0.717) is 0 Å². The first-order valence-electron chi connectivity index (χ1n) is 7.77. The van der Waals surface area contributed by atoms with E-state index >= 15 is 0 Å². The summed E-state index contributed by atoms with van der Waals surface area (Å²) in [6, 6.07) is 28.4. The number of fused-ring (bicyclic) bond motifs is 1. The third-order valence-corrected chi connectivity index (χ3v) is 4.42. The highest BCUT2D eigenvalue weighted by Crippen LogP contribution is 2.41. The fourth-order valence-corrected chi connectivity index (χ4v) is 3.30. The van der Waals surface area contributed by atoms with Crippen LogP contribution in [0.5, 0.6) is 0 Å². The van der Waals surface area contributed by atoms with Gasteiger partial charge in [-0.15, -0.1) is 0 Å². The smallest absolute Gasteiger partial charge is 0.000728 e. The number of allylic oxidation sites excluding steroid dienone is 1. The average molecular weight is 282 g/mol. The van der Waals surface area contributed by atoms with Crippen LogP contribution in [-0.4, -0.2) is 0 Å². The molecule has 0 radical (unpaired) electrons. The second-order valence-corrected chi connectivity index (χ2v) is 5.92. The predicted molar refractivity (Wildman–Crippen MR) is 93.7 cm³/mol. The van der Waals surface area contributed by atoms with Gasteiger partial charge in [0, 0.05) is 0 Å². The minimum Gasteiger partial charge on any atom is -0.0622 e. The fraction of sp³-hybridized carbons (Fsp3) is 0.0909. The van der Waals surface area contributed by atoms with Gasteiger partial charge in [0.15, 0.2) is 0 Å². The van der Waals surface area contributed by atoms with Crippen molar-refractivity contribution in [2.45, 2.75) is 13.3 Å². The Bertz CT molecular complexity index is 837. The maximum absolute atomic E-state index is 2.25. The Labute approximate surface area is 131 Å². The van der Waals surface area contributed by atoms with Crippen LogP contribution in [0.1, 0.15) is 27.8 Å². The molecular weight excluding hydrogens is 264 g/mol. The Balaban J connectivity index is 1.95. The number of hydrogen-bond donors (Lipinski definition) is 0. The lowest BCUT2D eigenvalue weighted by Crippen LogP contribution is -1.89. The van der Waals surface area contributed by atoms with Gasteiger partial charge in [-0.3, -0.25) is 0 Å². The van der Waals surface area contributed by atoms with Crippen molar-refractivity contribution >= 4 is 11.1 Å². The maximum atomic E-state index is 2.25. The van der Waals surface area contributed by atoms with Crippen molar-refractivity contribution in [1.82, 2.24) is 0 Å². The molecular formula is C22H18. The molecule has 0 spiro atoms. The summed E-state index contributed by atoms with van der Waals surface area (Å²) in [6.07, 6.45) is 1.02. The van der Waals surface area contributed by atoms with Crippen molar-refractivity contribution in [2.75, 3.05) is 0 Å². The van der Waals surface area contributed by atoms with E-state index in [0.717, 1.165) is 6.42 Å². The molecule has 4 rings (SSSR count). The monoisotopic (exact) mass is 282 g/mol. The molecule has 0 saturated heterocycles. The molecule has 0 heterocycles. The highest BCUT2D eigenvalue weighted by atomic mass is 14.3. The first-order valence-corrected chi connectivity index (χ1v) is 7.77. The van der Waals surface area contributed by atoms with E-state index in [2.05, 4.69) is 85.8 Å². The highest BCUT2D eigenvalue weighted by molar-refractivity contribution is 6.03. The van der Waals surface area contributed by atoms with Crippen LogP contribution in [-0.2, 0) is 6.42 Å². The standard InChI is InChI=1S/C22H18/c1-16-11-13-17(14-12-16)21-15-19-9-5-6-10-20(19)22(21)18-7-3-2-4-8-18/h2-14H,15H2,1H3. The lowest BCUT2D eigenvalue weighted by Gasteiger charge is -2.10. The van der Waals surface area contributed by atoms with Crippen LogP contribution in [0.25, 0.3) is 11.1 Å². The Morgan fingerprint density at radius 1 is 0.636 bits per heavy atom. The average Bonchev–Trinajstić information content (AvgIpc) is 2.96. The molecule has 106 valence electrons. The zero-order valence-electron chi connectivity index (χ0n) is 12.7. The Hall–Kier alpha value is -2.60. The molecule has 0 bridgehead atoms. The molecule has 3 aromatic carbocycles. The number of rotatable bonds is 2. The first-order chi connectivity index (χ1) is 10.8. The minimum atomic E-state index is 1.02. The third-order valence-electron chi connectivity index (χ3n) is 4.42. The van der Waals surface area contributed by atoms with E-state index < -0.39 is 0 Å². The Morgan fingerprint density at radius 3 is 2.09 bits per heavy atom. The summed E-state index contributed by atoms with van der Waals surface area (Å²) in [5, 5.41) is 0. The molecule has 0 amide bonds. The number of benzene rings is 3. The summed E-state index contributed by atoms with van der Waals surface area (Å²) in [4.78, 5) is 0. The Morgan fingerprint density at radius 2 is 1.32 bits per heavy atom. The lowest BCUT2D eigenvalue weighted by molar-refractivity contribution is 1.31. The minimum absolute atomic E-state index is 1.02. The summed E-state index contributed by atoms with van der Waals surface area (Å²) in [7, 11) is 0. The second kappa shape index (κ2) is 5.31. The van der Waals surface area contributed by atoms with Gasteiger partial charge in [-0.2, -0.15) is 0 Å². The molecule has 0 unspecified atom stereocenters. The van der Waals surface area contributed by atoms with E-state index in [4.69, 9.17) is 0 Å². The van der Waals surface area contributed by atoms with Crippen molar-refractivity contribution in [1.29, 1.82) is 0 Å². The SMILES string of the molecule is Cc1ccc(C2=C(c3ccccc3)c3ccccc3C2)cc1. The van der Waals surface area contributed by atoms with Crippen LogP contribution in [0.3, 0.4) is 0 Å². The van der Waals surface area contributed by atoms with Crippen molar-refractivity contribution in [3.63, 3.8) is 0 Å². The fourth-order valence-electron chi connectivity index (χ4n) is 3.30. The topological polar surface area (TPSA) is 0 Å². The van der Waals surface area contributed by atoms with Crippen LogP contribution in [0, 0.1) is 6.92 Å². The molecule has 0 N–H and O–H groups in total. The highest BCUT2D eigenvalue weighted by Gasteiger charge is 2.23. The molecule has 1 aliphatic carbocycles. The van der Waals surface area contributed by atoms with Crippen LogP contribution in [0.15, 0.2) is 78.9 Å². The summed E-state index contributed by atoms with van der Waals surface area (Å²) in [5.74, 6) is 0. The molecule has 3 aromatic rings. The molecule has 0 atom stereocenters. The largest absolute Gasteiger partial charge is 0.0622 e. The van der Waals surface area contributed by atoms with Gasteiger partial charge in [-0.1, -0.05) is 84.4 Å². The first kappa shape index (κ1) is 13.1. The quantitative estimate of drug-likeness (QED) is 0.581. The van der Waals surface area contributed by atoms with Gasteiger partial charge in [0.1, 0.15) is 0 Å². The van der Waals surface area contributed by atoms with Crippen LogP contribution < -0.4 is 0 Å². The molecule has 1 aliphatic rings. The Kier molecular flexibility index (Phi) is 3.16. The summed E-state index contributed by atoms with van der Waals surface area (Å²) in [6.45, 7) is 2.14. The molecule has 0 aliphatic heterocycles. The van der Waals surface area contributed by atoms with Gasteiger partial charge in [-0.05, 0) is 46.7 Å². The van der Waals surface area contributed by atoms with Crippen molar-refractivity contribution < 1.29 is 0 Å². The van der Waals surface area contributed by atoms with E-state index in [-0.39, 0.29) is 0 Å². The van der Waals surface area contributed by atoms with Crippen molar-refractivity contribution in [2.24, 2.45) is 0 Å². The predicted octanol–water partition coefficient (Wildman–Crippen LogP) is 5.51. The van der Waals surface area contributed by atoms with E-state index in [1.807, 2.05) is 0 Å². The van der Waals surface area contributed by atoms with Crippen LogP contribution >= 0.6 is 0 Å². The summed E-state index contributed by atoms with van der Waals surface area (Å²) < 4.78 is 0. The van der Waals surface area contributed by atoms with E-state index in [1.165, 1.54) is 39.0 Å². The maximum Gasteiger partial charge on any atom is -0.000728 e. The van der Waals surface area contributed by atoms with Gasteiger partial charge in [0.05, 0.1) is 0 Å². The van der Waals surface area contributed by atoms with Crippen LogP contribution in [0.4, 0.5) is 0 Å². The van der Waals surface area contributed by atoms with Gasteiger partial charge in [-0.25, -0.2) is 0 Å². The summed E-state index contributed by atoms with van der Waals surface area (Å²) in [5.41, 5.74) is 9.58. The van der Waals surface area contributed by atoms with Gasteiger partial charge < -0.3 is 0 Å². The van der Waals surface area contributed by atoms with Gasteiger partial charge in [0.2, 0.25) is 0 Å². The summed E-state index contributed by atoms with van der Waals surface area (Å²) >= 11 is 0. The molecule has 0 fully saturated rings. The third kappa shape index (κ3) is 2.17. The molecule has 22 heavy (non-hydrogen) atoms. The molecule has 0 saturated carbocycles. The number of hydrogen-bond acceptors (Lipinski definition) is 0. The lowest BCUT2D eigenvalue weighted by atomic mass is 9.94. The second-order valence-electron chi connectivity index (χ2n) is 5.92. The zero-order chi connectivity index (χ0) is 14.9. The molecule has 0 aromatic heterocycles.